The Labute approximate surface area is 113 Å². The Kier molecular flexibility index (Phi) is 4.23. The van der Waals surface area contributed by atoms with Crippen molar-refractivity contribution in [2.24, 2.45) is 5.73 Å². The molecule has 0 bridgehead atoms. The van der Waals surface area contributed by atoms with Crippen LogP contribution < -0.4 is 5.73 Å². The largest absolute Gasteiger partial charge is 0.328 e. The number of hydrogen-bond acceptors (Lipinski definition) is 3. The first-order valence-corrected chi connectivity index (χ1v) is 7.84. The highest BCUT2D eigenvalue weighted by molar-refractivity contribution is 7.89. The number of benzene rings is 1. The molecule has 0 radical (unpaired) electrons. The molecule has 0 unspecified atom stereocenters. The third-order valence-electron chi connectivity index (χ3n) is 3.75. The maximum atomic E-state index is 12.9. The fourth-order valence-electron chi connectivity index (χ4n) is 2.43. The number of sulfonamides is 1. The molecular formula is C13H19FN2O2S. The maximum absolute atomic E-state index is 12.9. The molecule has 0 amide bonds. The number of halogens is 1. The summed E-state index contributed by atoms with van der Waals surface area (Å²) in [6, 6.07) is 5.09. The van der Waals surface area contributed by atoms with Crippen molar-refractivity contribution in [1.29, 1.82) is 0 Å². The van der Waals surface area contributed by atoms with Gasteiger partial charge < -0.3 is 5.73 Å². The summed E-state index contributed by atoms with van der Waals surface area (Å²) in [5, 5.41) is 0. The quantitative estimate of drug-likeness (QED) is 0.920. The van der Waals surface area contributed by atoms with Crippen LogP contribution in [0.15, 0.2) is 29.2 Å². The minimum Gasteiger partial charge on any atom is -0.328 e. The highest BCUT2D eigenvalue weighted by Crippen LogP contribution is 2.26. The summed E-state index contributed by atoms with van der Waals surface area (Å²) >= 11 is 0. The zero-order valence-corrected chi connectivity index (χ0v) is 11.7. The van der Waals surface area contributed by atoms with Crippen molar-refractivity contribution in [3.63, 3.8) is 0 Å². The van der Waals surface area contributed by atoms with Gasteiger partial charge in [0.2, 0.25) is 10.0 Å². The lowest BCUT2D eigenvalue weighted by atomic mass is 9.92. The normalized spacial score (nSPS) is 24.6. The molecular weight excluding hydrogens is 267 g/mol. The number of nitrogens with two attached hydrogens (primary N) is 1. The molecule has 19 heavy (non-hydrogen) atoms. The van der Waals surface area contributed by atoms with Gasteiger partial charge in [-0.15, -0.1) is 0 Å². The Morgan fingerprint density at radius 2 is 1.68 bits per heavy atom. The first kappa shape index (κ1) is 14.4. The van der Waals surface area contributed by atoms with Crippen LogP contribution in [0.1, 0.15) is 25.7 Å². The van der Waals surface area contributed by atoms with E-state index < -0.39 is 15.8 Å². The van der Waals surface area contributed by atoms with E-state index >= 15 is 0 Å². The van der Waals surface area contributed by atoms with E-state index in [0.29, 0.717) is 0 Å². The second-order valence-electron chi connectivity index (χ2n) is 5.04. The fraction of sp³-hybridized carbons (Fsp3) is 0.538. The van der Waals surface area contributed by atoms with Crippen LogP contribution in [0.25, 0.3) is 0 Å². The molecule has 1 aromatic rings. The van der Waals surface area contributed by atoms with Crippen LogP contribution in [-0.2, 0) is 10.0 Å². The van der Waals surface area contributed by atoms with Gasteiger partial charge in [-0.25, -0.2) is 12.8 Å². The van der Waals surface area contributed by atoms with Crippen molar-refractivity contribution in [1.82, 2.24) is 4.31 Å². The average molecular weight is 286 g/mol. The Balaban J connectivity index is 2.17. The highest BCUT2D eigenvalue weighted by Gasteiger charge is 2.30. The highest BCUT2D eigenvalue weighted by atomic mass is 32.2. The van der Waals surface area contributed by atoms with Crippen LogP contribution in [0.2, 0.25) is 0 Å². The number of hydrogen-bond donors (Lipinski definition) is 1. The Hall–Kier alpha value is -0.980. The third kappa shape index (κ3) is 3.13. The molecule has 2 N–H and O–H groups in total. The van der Waals surface area contributed by atoms with Crippen LogP contribution >= 0.6 is 0 Å². The lowest BCUT2D eigenvalue weighted by molar-refractivity contribution is 0.268. The van der Waals surface area contributed by atoms with Gasteiger partial charge in [0.25, 0.3) is 0 Å². The van der Waals surface area contributed by atoms with Gasteiger partial charge in [0.15, 0.2) is 0 Å². The SMILES string of the molecule is CN(C1CCC(N)CC1)S(=O)(=O)c1ccc(F)cc1. The fourth-order valence-corrected chi connectivity index (χ4v) is 3.85. The van der Waals surface area contributed by atoms with Gasteiger partial charge >= 0.3 is 0 Å². The zero-order valence-electron chi connectivity index (χ0n) is 10.9. The number of rotatable bonds is 3. The van der Waals surface area contributed by atoms with Crippen LogP contribution in [0.4, 0.5) is 4.39 Å². The minimum atomic E-state index is -3.55. The van der Waals surface area contributed by atoms with E-state index in [1.54, 1.807) is 7.05 Å². The maximum Gasteiger partial charge on any atom is 0.243 e. The summed E-state index contributed by atoms with van der Waals surface area (Å²) in [4.78, 5) is 0.131. The molecule has 0 atom stereocenters. The summed E-state index contributed by atoms with van der Waals surface area (Å²) in [5.41, 5.74) is 5.82. The molecule has 1 aliphatic carbocycles. The first-order chi connectivity index (χ1) is 8.91. The van der Waals surface area contributed by atoms with Crippen LogP contribution in [0.3, 0.4) is 0 Å². The molecule has 1 aliphatic rings. The van der Waals surface area contributed by atoms with Crippen molar-refractivity contribution in [2.45, 2.75) is 42.7 Å². The summed E-state index contributed by atoms with van der Waals surface area (Å²) in [6.45, 7) is 0. The molecule has 106 valence electrons. The molecule has 1 saturated carbocycles. The van der Waals surface area contributed by atoms with Crippen molar-refractivity contribution in [2.75, 3.05) is 7.05 Å². The topological polar surface area (TPSA) is 63.4 Å². The number of nitrogens with zero attached hydrogens (tertiary/aromatic N) is 1. The van der Waals surface area contributed by atoms with E-state index in [0.717, 1.165) is 37.8 Å². The van der Waals surface area contributed by atoms with E-state index in [1.807, 2.05) is 0 Å². The van der Waals surface area contributed by atoms with Gasteiger partial charge in [0.1, 0.15) is 5.82 Å². The van der Waals surface area contributed by atoms with E-state index in [4.69, 9.17) is 5.73 Å². The Morgan fingerprint density at radius 3 is 2.21 bits per heavy atom. The lowest BCUT2D eigenvalue weighted by Crippen LogP contribution is -2.41. The monoisotopic (exact) mass is 286 g/mol. The molecule has 4 nitrogen and oxygen atoms in total. The second kappa shape index (κ2) is 5.56. The van der Waals surface area contributed by atoms with E-state index in [1.165, 1.54) is 16.4 Å². The third-order valence-corrected chi connectivity index (χ3v) is 5.67. The molecule has 0 saturated heterocycles. The molecule has 1 fully saturated rings. The molecule has 6 heteroatoms. The van der Waals surface area contributed by atoms with Crippen molar-refractivity contribution >= 4 is 10.0 Å². The van der Waals surface area contributed by atoms with E-state index in [9.17, 15) is 12.8 Å². The van der Waals surface area contributed by atoms with Gasteiger partial charge in [0.05, 0.1) is 4.90 Å². The molecule has 0 aromatic heterocycles. The van der Waals surface area contributed by atoms with Gasteiger partial charge in [-0.3, -0.25) is 0 Å². The molecule has 0 heterocycles. The zero-order chi connectivity index (χ0) is 14.0. The smallest absolute Gasteiger partial charge is 0.243 e. The van der Waals surface area contributed by atoms with Crippen LogP contribution in [-0.4, -0.2) is 31.9 Å². The molecule has 2 rings (SSSR count). The Bertz CT molecular complexity index is 522. The van der Waals surface area contributed by atoms with Gasteiger partial charge in [-0.05, 0) is 49.9 Å². The Morgan fingerprint density at radius 1 is 1.16 bits per heavy atom. The minimum absolute atomic E-state index is 0.0187. The summed E-state index contributed by atoms with van der Waals surface area (Å²) in [6.07, 6.45) is 3.23. The van der Waals surface area contributed by atoms with Crippen molar-refractivity contribution in [3.05, 3.63) is 30.1 Å². The summed E-state index contributed by atoms with van der Waals surface area (Å²) in [5.74, 6) is -0.440. The van der Waals surface area contributed by atoms with Crippen molar-refractivity contribution in [3.8, 4) is 0 Å². The van der Waals surface area contributed by atoms with Crippen LogP contribution in [0, 0.1) is 5.82 Å². The predicted molar refractivity (Wildman–Crippen MR) is 71.6 cm³/mol. The first-order valence-electron chi connectivity index (χ1n) is 6.40. The summed E-state index contributed by atoms with van der Waals surface area (Å²) in [7, 11) is -1.96. The van der Waals surface area contributed by atoms with Crippen molar-refractivity contribution < 1.29 is 12.8 Å². The average Bonchev–Trinajstić information content (AvgIpc) is 2.39. The lowest BCUT2D eigenvalue weighted by Gasteiger charge is -2.32. The predicted octanol–water partition coefficient (Wildman–Crippen LogP) is 1.72. The van der Waals surface area contributed by atoms with Gasteiger partial charge in [0, 0.05) is 19.1 Å². The second-order valence-corrected chi connectivity index (χ2v) is 7.04. The van der Waals surface area contributed by atoms with E-state index in [-0.39, 0.29) is 17.0 Å². The summed E-state index contributed by atoms with van der Waals surface area (Å²) < 4.78 is 39.0. The standard InChI is InChI=1S/C13H19FN2O2S/c1-16(12-6-4-11(15)5-7-12)19(17,18)13-8-2-10(14)3-9-13/h2-3,8-9,11-12H,4-7,15H2,1H3. The van der Waals surface area contributed by atoms with Crippen LogP contribution in [0.5, 0.6) is 0 Å². The van der Waals surface area contributed by atoms with E-state index in [2.05, 4.69) is 0 Å². The van der Waals surface area contributed by atoms with Gasteiger partial charge in [-0.1, -0.05) is 0 Å². The van der Waals surface area contributed by atoms with Gasteiger partial charge in [-0.2, -0.15) is 4.31 Å². The molecule has 1 aromatic carbocycles. The molecule has 0 spiro atoms. The molecule has 0 aliphatic heterocycles.